The van der Waals surface area contributed by atoms with Crippen LogP contribution in [-0.4, -0.2) is 5.11 Å². The maximum atomic E-state index is 14.0. The van der Waals surface area contributed by atoms with Crippen LogP contribution in [0, 0.1) is 0 Å². The lowest BCUT2D eigenvalue weighted by molar-refractivity contribution is -0.137. The zero-order chi connectivity index (χ0) is 15.6. The average Bonchev–Trinajstić information content (AvgIpc) is 2.46. The molecule has 2 unspecified atom stereocenters. The largest absolute Gasteiger partial charge is 0.508 e. The molecule has 2 aromatic rings. The Balaban J connectivity index is 2.19. The van der Waals surface area contributed by atoms with Crippen molar-refractivity contribution < 1.29 is 27.1 Å². The lowest BCUT2D eigenvalue weighted by atomic mass is 9.99. The van der Waals surface area contributed by atoms with E-state index in [1.165, 1.54) is 24.3 Å². The van der Waals surface area contributed by atoms with E-state index in [1.54, 1.807) is 0 Å². The van der Waals surface area contributed by atoms with Gasteiger partial charge in [0.15, 0.2) is 12.3 Å². The second-order valence-corrected chi connectivity index (χ2v) is 4.51. The van der Waals surface area contributed by atoms with Crippen LogP contribution in [0.3, 0.4) is 0 Å². The van der Waals surface area contributed by atoms with Gasteiger partial charge < -0.3 is 5.11 Å². The first-order chi connectivity index (χ1) is 9.79. The molecule has 21 heavy (non-hydrogen) atoms. The minimum atomic E-state index is -4.52. The van der Waals surface area contributed by atoms with Crippen molar-refractivity contribution in [1.29, 1.82) is 0 Å². The molecule has 0 fully saturated rings. The Labute approximate surface area is 117 Å². The van der Waals surface area contributed by atoms with Crippen molar-refractivity contribution >= 4 is 0 Å². The van der Waals surface area contributed by atoms with E-state index in [2.05, 4.69) is 0 Å². The average molecular weight is 302 g/mol. The molecular formula is C15H11F5O. The van der Waals surface area contributed by atoms with Crippen LogP contribution in [-0.2, 0) is 6.18 Å². The fourth-order valence-corrected chi connectivity index (χ4v) is 1.85. The quantitative estimate of drug-likeness (QED) is 0.779. The van der Waals surface area contributed by atoms with Crippen LogP contribution in [0.25, 0.3) is 0 Å². The third kappa shape index (κ3) is 3.51. The summed E-state index contributed by atoms with van der Waals surface area (Å²) in [6.45, 7) is 0. The molecule has 0 radical (unpaired) electrons. The smallest absolute Gasteiger partial charge is 0.416 e. The van der Waals surface area contributed by atoms with Crippen LogP contribution >= 0.6 is 0 Å². The van der Waals surface area contributed by atoms with Crippen molar-refractivity contribution in [3.8, 4) is 5.75 Å². The van der Waals surface area contributed by atoms with E-state index in [0.29, 0.717) is 12.1 Å². The van der Waals surface area contributed by atoms with Crippen LogP contribution in [0.4, 0.5) is 22.0 Å². The second kappa shape index (κ2) is 5.71. The molecule has 6 heteroatoms. The second-order valence-electron chi connectivity index (χ2n) is 4.51. The number of alkyl halides is 5. The summed E-state index contributed by atoms with van der Waals surface area (Å²) in [6, 6.07) is 8.12. The highest BCUT2D eigenvalue weighted by molar-refractivity contribution is 5.31. The normalized spacial score (nSPS) is 14.7. The van der Waals surface area contributed by atoms with Gasteiger partial charge in [-0.25, -0.2) is 8.78 Å². The fraction of sp³-hybridized carbons (Fsp3) is 0.200. The number of aromatic hydroxyl groups is 1. The molecule has 1 N–H and O–H groups in total. The van der Waals surface area contributed by atoms with Gasteiger partial charge >= 0.3 is 6.18 Å². The summed E-state index contributed by atoms with van der Waals surface area (Å²) in [5.41, 5.74) is -1.10. The molecule has 0 spiro atoms. The van der Waals surface area contributed by atoms with Gasteiger partial charge in [0.25, 0.3) is 0 Å². The van der Waals surface area contributed by atoms with Crippen molar-refractivity contribution in [3.63, 3.8) is 0 Å². The highest BCUT2D eigenvalue weighted by atomic mass is 19.4. The van der Waals surface area contributed by atoms with E-state index in [1.807, 2.05) is 0 Å². The molecule has 0 saturated heterocycles. The number of rotatable bonds is 3. The molecule has 0 aliphatic heterocycles. The molecular weight excluding hydrogens is 291 g/mol. The number of benzene rings is 2. The van der Waals surface area contributed by atoms with Gasteiger partial charge in [0.1, 0.15) is 5.75 Å². The Morgan fingerprint density at radius 2 is 1.10 bits per heavy atom. The standard InChI is InChI=1S/C15H11F5O/c16-13(14(17)10-3-7-12(21)8-4-10)9-1-5-11(6-2-9)15(18,19)20/h1-8,13-14,21H. The Kier molecular flexibility index (Phi) is 4.16. The van der Waals surface area contributed by atoms with Crippen LogP contribution in [0.15, 0.2) is 48.5 Å². The van der Waals surface area contributed by atoms with Crippen molar-refractivity contribution in [2.75, 3.05) is 0 Å². The SMILES string of the molecule is Oc1ccc(C(F)C(F)c2ccc(C(F)(F)F)cc2)cc1. The van der Waals surface area contributed by atoms with Crippen molar-refractivity contribution in [2.45, 2.75) is 18.5 Å². The maximum absolute atomic E-state index is 14.0. The first kappa shape index (κ1) is 15.3. The van der Waals surface area contributed by atoms with Gasteiger partial charge in [0, 0.05) is 0 Å². The van der Waals surface area contributed by atoms with Gasteiger partial charge in [-0.2, -0.15) is 13.2 Å². The zero-order valence-corrected chi connectivity index (χ0v) is 10.6. The van der Waals surface area contributed by atoms with Crippen molar-refractivity contribution in [3.05, 3.63) is 65.2 Å². The molecule has 0 bridgehead atoms. The van der Waals surface area contributed by atoms with Crippen molar-refractivity contribution in [2.24, 2.45) is 0 Å². The highest BCUT2D eigenvalue weighted by Crippen LogP contribution is 2.37. The summed E-state index contributed by atoms with van der Waals surface area (Å²) in [7, 11) is 0. The Morgan fingerprint density at radius 1 is 0.714 bits per heavy atom. The molecule has 0 aliphatic carbocycles. The van der Waals surface area contributed by atoms with Gasteiger partial charge in [-0.05, 0) is 35.4 Å². The van der Waals surface area contributed by atoms with Gasteiger partial charge in [0.2, 0.25) is 0 Å². The molecule has 1 nitrogen and oxygen atoms in total. The highest BCUT2D eigenvalue weighted by Gasteiger charge is 2.31. The number of hydrogen-bond donors (Lipinski definition) is 1. The Hall–Kier alpha value is -2.11. The number of phenolic OH excluding ortho intramolecular Hbond substituents is 1. The Bertz CT molecular complexity index is 589. The predicted octanol–water partition coefficient (Wildman–Crippen LogP) is 5.13. The van der Waals surface area contributed by atoms with E-state index in [9.17, 15) is 22.0 Å². The topological polar surface area (TPSA) is 20.2 Å². The number of halogens is 5. The van der Waals surface area contributed by atoms with Gasteiger partial charge in [-0.15, -0.1) is 0 Å². The van der Waals surface area contributed by atoms with E-state index < -0.39 is 24.1 Å². The minimum Gasteiger partial charge on any atom is -0.508 e. The van der Waals surface area contributed by atoms with E-state index in [4.69, 9.17) is 5.11 Å². The first-order valence-electron chi connectivity index (χ1n) is 6.03. The molecule has 2 atom stereocenters. The Morgan fingerprint density at radius 3 is 1.48 bits per heavy atom. The summed E-state index contributed by atoms with van der Waals surface area (Å²) < 4.78 is 65.2. The maximum Gasteiger partial charge on any atom is 0.416 e. The van der Waals surface area contributed by atoms with Crippen LogP contribution < -0.4 is 0 Å². The summed E-state index contributed by atoms with van der Waals surface area (Å²) in [6.07, 6.45) is -8.63. The van der Waals surface area contributed by atoms with E-state index in [0.717, 1.165) is 12.1 Å². The van der Waals surface area contributed by atoms with E-state index >= 15 is 0 Å². The van der Waals surface area contributed by atoms with Gasteiger partial charge in [-0.1, -0.05) is 24.3 Å². The molecule has 0 aliphatic rings. The van der Waals surface area contributed by atoms with Crippen LogP contribution in [0.5, 0.6) is 5.75 Å². The van der Waals surface area contributed by atoms with Crippen molar-refractivity contribution in [1.82, 2.24) is 0 Å². The third-order valence-electron chi connectivity index (χ3n) is 3.02. The molecule has 0 amide bonds. The molecule has 0 aromatic heterocycles. The molecule has 2 aromatic carbocycles. The first-order valence-corrected chi connectivity index (χ1v) is 6.03. The van der Waals surface area contributed by atoms with Gasteiger partial charge in [-0.3, -0.25) is 0 Å². The fourth-order valence-electron chi connectivity index (χ4n) is 1.85. The summed E-state index contributed by atoms with van der Waals surface area (Å²) in [5, 5.41) is 9.08. The summed E-state index contributed by atoms with van der Waals surface area (Å²) >= 11 is 0. The van der Waals surface area contributed by atoms with Gasteiger partial charge in [0.05, 0.1) is 5.56 Å². The predicted molar refractivity (Wildman–Crippen MR) is 67.2 cm³/mol. The summed E-state index contributed by atoms with van der Waals surface area (Å²) in [4.78, 5) is 0. The zero-order valence-electron chi connectivity index (χ0n) is 10.6. The molecule has 112 valence electrons. The molecule has 0 heterocycles. The lowest BCUT2D eigenvalue weighted by Gasteiger charge is -2.15. The monoisotopic (exact) mass is 302 g/mol. The number of phenols is 1. The lowest BCUT2D eigenvalue weighted by Crippen LogP contribution is -2.06. The molecule has 0 saturated carbocycles. The van der Waals surface area contributed by atoms with E-state index in [-0.39, 0.29) is 16.9 Å². The van der Waals surface area contributed by atoms with Crippen LogP contribution in [0.1, 0.15) is 29.0 Å². The number of hydrogen-bond acceptors (Lipinski definition) is 1. The third-order valence-corrected chi connectivity index (χ3v) is 3.02. The van der Waals surface area contributed by atoms with Crippen LogP contribution in [0.2, 0.25) is 0 Å². The molecule has 2 rings (SSSR count). The summed E-state index contributed by atoms with van der Waals surface area (Å²) in [5.74, 6) is -0.0871. The minimum absolute atomic E-state index is 0.000183.